The number of rotatable bonds is 7. The minimum Gasteiger partial charge on any atom is -0.492 e. The minimum atomic E-state index is -0.171. The maximum absolute atomic E-state index is 12.1. The zero-order valence-electron chi connectivity index (χ0n) is 13.2. The number of carbonyl (C=O) groups is 1. The van der Waals surface area contributed by atoms with Crippen LogP contribution in [0.5, 0.6) is 5.75 Å². The molecule has 0 saturated heterocycles. The highest BCUT2D eigenvalue weighted by molar-refractivity contribution is 8.00. The van der Waals surface area contributed by atoms with E-state index >= 15 is 0 Å². The Labute approximate surface area is 146 Å². The number of hydrogen-bond donors (Lipinski definition) is 1. The molecular formula is C18H20ClNO2S. The minimum absolute atomic E-state index is 0.00204. The van der Waals surface area contributed by atoms with E-state index in [0.717, 1.165) is 16.2 Å². The molecule has 2 aromatic carbocycles. The van der Waals surface area contributed by atoms with Crippen molar-refractivity contribution >= 4 is 29.3 Å². The summed E-state index contributed by atoms with van der Waals surface area (Å²) >= 11 is 7.36. The molecule has 0 radical (unpaired) electrons. The lowest BCUT2D eigenvalue weighted by Crippen LogP contribution is -2.33. The van der Waals surface area contributed by atoms with E-state index in [4.69, 9.17) is 16.3 Å². The maximum Gasteiger partial charge on any atom is 0.233 e. The van der Waals surface area contributed by atoms with Crippen molar-refractivity contribution in [3.8, 4) is 5.75 Å². The molecule has 23 heavy (non-hydrogen) atoms. The van der Waals surface area contributed by atoms with Crippen LogP contribution in [0.15, 0.2) is 53.4 Å². The van der Waals surface area contributed by atoms with E-state index in [0.29, 0.717) is 18.2 Å². The summed E-state index contributed by atoms with van der Waals surface area (Å²) in [6.07, 6.45) is 0. The standard InChI is InChI=1S/C18H20ClNO2S/c1-13-4-3-5-16(12-13)22-11-10-20-18(21)14(2)23-17-8-6-15(19)7-9-17/h3-9,12,14H,10-11H2,1-2H3,(H,20,21). The quantitative estimate of drug-likeness (QED) is 0.597. The molecule has 2 aromatic rings. The Morgan fingerprint density at radius 3 is 2.70 bits per heavy atom. The van der Waals surface area contributed by atoms with E-state index < -0.39 is 0 Å². The predicted molar refractivity (Wildman–Crippen MR) is 96.5 cm³/mol. The summed E-state index contributed by atoms with van der Waals surface area (Å²) < 4.78 is 5.61. The Kier molecular flexibility index (Phi) is 6.81. The molecule has 122 valence electrons. The number of aryl methyl sites for hydroxylation is 1. The Morgan fingerprint density at radius 1 is 1.26 bits per heavy atom. The van der Waals surface area contributed by atoms with Crippen LogP contribution < -0.4 is 10.1 Å². The molecule has 0 heterocycles. The largest absolute Gasteiger partial charge is 0.492 e. The average Bonchev–Trinajstić information content (AvgIpc) is 2.53. The summed E-state index contributed by atoms with van der Waals surface area (Å²) in [5, 5.41) is 3.41. The third-order valence-electron chi connectivity index (χ3n) is 3.16. The van der Waals surface area contributed by atoms with Crippen LogP contribution in [0.1, 0.15) is 12.5 Å². The van der Waals surface area contributed by atoms with Crippen molar-refractivity contribution in [2.24, 2.45) is 0 Å². The number of hydrogen-bond acceptors (Lipinski definition) is 3. The third kappa shape index (κ3) is 6.16. The first-order chi connectivity index (χ1) is 11.0. The monoisotopic (exact) mass is 349 g/mol. The lowest BCUT2D eigenvalue weighted by atomic mass is 10.2. The number of benzene rings is 2. The van der Waals surface area contributed by atoms with Gasteiger partial charge in [0.25, 0.3) is 0 Å². The smallest absolute Gasteiger partial charge is 0.233 e. The SMILES string of the molecule is Cc1cccc(OCCNC(=O)C(C)Sc2ccc(Cl)cc2)c1. The molecule has 0 saturated carbocycles. The van der Waals surface area contributed by atoms with Crippen molar-refractivity contribution in [2.45, 2.75) is 24.0 Å². The highest BCUT2D eigenvalue weighted by Crippen LogP contribution is 2.24. The van der Waals surface area contributed by atoms with Crippen LogP contribution in [0.3, 0.4) is 0 Å². The molecule has 1 atom stereocenters. The van der Waals surface area contributed by atoms with Gasteiger partial charge in [-0.25, -0.2) is 0 Å². The van der Waals surface area contributed by atoms with Crippen LogP contribution in [0.4, 0.5) is 0 Å². The molecule has 0 aliphatic heterocycles. The number of nitrogens with one attached hydrogen (secondary N) is 1. The molecule has 0 spiro atoms. The second kappa shape index (κ2) is 8.85. The van der Waals surface area contributed by atoms with Crippen molar-refractivity contribution in [3.63, 3.8) is 0 Å². The molecule has 3 nitrogen and oxygen atoms in total. The zero-order valence-corrected chi connectivity index (χ0v) is 14.8. The van der Waals surface area contributed by atoms with E-state index in [1.165, 1.54) is 11.8 Å². The molecule has 1 unspecified atom stereocenters. The molecule has 1 N–H and O–H groups in total. The molecule has 0 aliphatic rings. The van der Waals surface area contributed by atoms with Crippen LogP contribution in [0.2, 0.25) is 5.02 Å². The van der Waals surface area contributed by atoms with Gasteiger partial charge in [-0.1, -0.05) is 23.7 Å². The molecule has 0 aliphatic carbocycles. The number of ether oxygens (including phenoxy) is 1. The van der Waals surface area contributed by atoms with Gasteiger partial charge in [0, 0.05) is 9.92 Å². The maximum atomic E-state index is 12.1. The van der Waals surface area contributed by atoms with Crippen LogP contribution in [-0.2, 0) is 4.79 Å². The molecule has 1 amide bonds. The van der Waals surface area contributed by atoms with E-state index in [9.17, 15) is 4.79 Å². The average molecular weight is 350 g/mol. The van der Waals surface area contributed by atoms with Gasteiger partial charge < -0.3 is 10.1 Å². The van der Waals surface area contributed by atoms with Crippen LogP contribution in [0.25, 0.3) is 0 Å². The summed E-state index contributed by atoms with van der Waals surface area (Å²) in [4.78, 5) is 13.1. The molecule has 2 rings (SSSR count). The van der Waals surface area contributed by atoms with E-state index in [1.54, 1.807) is 0 Å². The number of carbonyl (C=O) groups excluding carboxylic acids is 1. The lowest BCUT2D eigenvalue weighted by Gasteiger charge is -2.12. The third-order valence-corrected chi connectivity index (χ3v) is 4.52. The van der Waals surface area contributed by atoms with Crippen molar-refractivity contribution in [1.29, 1.82) is 0 Å². The van der Waals surface area contributed by atoms with Gasteiger partial charge in [-0.05, 0) is 55.8 Å². The summed E-state index contributed by atoms with van der Waals surface area (Å²) in [5.41, 5.74) is 1.15. The molecular weight excluding hydrogens is 330 g/mol. The highest BCUT2D eigenvalue weighted by Gasteiger charge is 2.13. The Bertz CT molecular complexity index is 646. The van der Waals surface area contributed by atoms with Crippen LogP contribution >= 0.6 is 23.4 Å². The lowest BCUT2D eigenvalue weighted by molar-refractivity contribution is -0.120. The predicted octanol–water partition coefficient (Wildman–Crippen LogP) is 4.32. The summed E-state index contributed by atoms with van der Waals surface area (Å²) in [6.45, 7) is 4.84. The van der Waals surface area contributed by atoms with Gasteiger partial charge in [-0.3, -0.25) is 4.79 Å². The highest BCUT2D eigenvalue weighted by atomic mass is 35.5. The van der Waals surface area contributed by atoms with Gasteiger partial charge in [-0.2, -0.15) is 0 Å². The number of halogens is 1. The van der Waals surface area contributed by atoms with Gasteiger partial charge >= 0.3 is 0 Å². The first-order valence-corrected chi connectivity index (χ1v) is 8.70. The first-order valence-electron chi connectivity index (χ1n) is 7.44. The van der Waals surface area contributed by atoms with E-state index in [2.05, 4.69) is 5.32 Å². The number of thioether (sulfide) groups is 1. The van der Waals surface area contributed by atoms with Gasteiger partial charge in [0.2, 0.25) is 5.91 Å². The number of amides is 1. The second-order valence-electron chi connectivity index (χ2n) is 5.17. The Morgan fingerprint density at radius 2 is 2.00 bits per heavy atom. The van der Waals surface area contributed by atoms with Crippen LogP contribution in [0, 0.1) is 6.92 Å². The van der Waals surface area contributed by atoms with Crippen molar-refractivity contribution in [3.05, 3.63) is 59.1 Å². The van der Waals surface area contributed by atoms with Gasteiger partial charge in [0.05, 0.1) is 11.8 Å². The second-order valence-corrected chi connectivity index (χ2v) is 7.02. The summed E-state index contributed by atoms with van der Waals surface area (Å²) in [7, 11) is 0. The molecule has 5 heteroatoms. The first kappa shape index (κ1) is 17.7. The Hall–Kier alpha value is -1.65. The van der Waals surface area contributed by atoms with Gasteiger partial charge in [-0.15, -0.1) is 11.8 Å². The topological polar surface area (TPSA) is 38.3 Å². The van der Waals surface area contributed by atoms with Gasteiger partial charge in [0.1, 0.15) is 12.4 Å². The fraction of sp³-hybridized carbons (Fsp3) is 0.278. The molecule has 0 fully saturated rings. The summed E-state index contributed by atoms with van der Waals surface area (Å²) in [5.74, 6) is 0.820. The van der Waals surface area contributed by atoms with Gasteiger partial charge in [0.15, 0.2) is 0 Å². The van der Waals surface area contributed by atoms with Crippen molar-refractivity contribution in [2.75, 3.05) is 13.2 Å². The Balaban J connectivity index is 1.70. The fourth-order valence-electron chi connectivity index (χ4n) is 1.96. The van der Waals surface area contributed by atoms with Crippen LogP contribution in [-0.4, -0.2) is 24.3 Å². The van der Waals surface area contributed by atoms with Crippen molar-refractivity contribution < 1.29 is 9.53 Å². The van der Waals surface area contributed by atoms with E-state index in [-0.39, 0.29) is 11.2 Å². The van der Waals surface area contributed by atoms with Crippen molar-refractivity contribution in [1.82, 2.24) is 5.32 Å². The molecule has 0 aromatic heterocycles. The summed E-state index contributed by atoms with van der Waals surface area (Å²) in [6, 6.07) is 15.3. The van der Waals surface area contributed by atoms with E-state index in [1.807, 2.05) is 62.4 Å². The molecule has 0 bridgehead atoms. The zero-order chi connectivity index (χ0) is 16.7. The fourth-order valence-corrected chi connectivity index (χ4v) is 2.98. The normalized spacial score (nSPS) is 11.8.